The quantitative estimate of drug-likeness (QED) is 0.170. The number of halogens is 1. The van der Waals surface area contributed by atoms with Crippen LogP contribution in [0.15, 0.2) is 72.9 Å². The topological polar surface area (TPSA) is 64.4 Å². The Morgan fingerprint density at radius 2 is 1.82 bits per heavy atom. The van der Waals surface area contributed by atoms with Gasteiger partial charge in [0.1, 0.15) is 13.7 Å². The Balaban J connectivity index is 1.49. The van der Waals surface area contributed by atoms with Crippen LogP contribution in [0.5, 0.6) is 0 Å². The molecule has 1 saturated carbocycles. The molecule has 5 rings (SSSR count). The van der Waals surface area contributed by atoms with E-state index in [1.807, 2.05) is 68.1 Å². The van der Waals surface area contributed by atoms with E-state index >= 15 is 4.39 Å². The Labute approximate surface area is 234 Å². The van der Waals surface area contributed by atoms with Crippen LogP contribution in [0, 0.1) is 11.7 Å². The zero-order valence-electron chi connectivity index (χ0n) is 23.1. The molecule has 1 amide bonds. The van der Waals surface area contributed by atoms with Gasteiger partial charge in [-0.2, -0.15) is 5.10 Å². The van der Waals surface area contributed by atoms with E-state index in [9.17, 15) is 9.59 Å². The van der Waals surface area contributed by atoms with Gasteiger partial charge in [-0.05, 0) is 65.9 Å². The fraction of sp³-hybridized carbons (Fsp3) is 0.281. The van der Waals surface area contributed by atoms with Crippen molar-refractivity contribution in [3.05, 3.63) is 89.9 Å². The molecule has 0 N–H and O–H groups in total. The maximum absolute atomic E-state index is 15.8. The van der Waals surface area contributed by atoms with E-state index in [1.165, 1.54) is 13.2 Å². The van der Waals surface area contributed by atoms with Crippen LogP contribution in [0.25, 0.3) is 28.1 Å². The number of esters is 1. The van der Waals surface area contributed by atoms with Crippen molar-refractivity contribution in [3.63, 3.8) is 0 Å². The molecule has 1 heterocycles. The fourth-order valence-corrected chi connectivity index (χ4v) is 5.63. The Hall–Kier alpha value is -4.20. The number of carbonyl (C=O) groups is 2. The Kier molecular flexibility index (Phi) is 8.15. The number of benzene rings is 3. The van der Waals surface area contributed by atoms with E-state index in [2.05, 4.69) is 5.10 Å². The van der Waals surface area contributed by atoms with Gasteiger partial charge in [0, 0.05) is 41.6 Å². The van der Waals surface area contributed by atoms with Gasteiger partial charge in [0.2, 0.25) is 5.91 Å². The summed E-state index contributed by atoms with van der Waals surface area (Å²) < 4.78 is 22.3. The summed E-state index contributed by atoms with van der Waals surface area (Å²) in [6.45, 7) is 0. The third kappa shape index (κ3) is 5.71. The van der Waals surface area contributed by atoms with Gasteiger partial charge in [-0.15, -0.1) is 0 Å². The molecular formula is C32H33BFN3O3. The van der Waals surface area contributed by atoms with Gasteiger partial charge >= 0.3 is 5.97 Å². The molecule has 0 aliphatic heterocycles. The summed E-state index contributed by atoms with van der Waals surface area (Å²) in [6, 6.07) is 18.6. The van der Waals surface area contributed by atoms with Crippen LogP contribution >= 0.6 is 0 Å². The summed E-state index contributed by atoms with van der Waals surface area (Å²) in [5, 5.41) is 5.29. The van der Waals surface area contributed by atoms with Crippen molar-refractivity contribution in [2.24, 2.45) is 13.0 Å². The number of fused-ring (bicyclic) bond motifs is 1. The van der Waals surface area contributed by atoms with Crippen LogP contribution < -0.4 is 4.90 Å². The highest BCUT2D eigenvalue weighted by molar-refractivity contribution is 6.18. The summed E-state index contributed by atoms with van der Waals surface area (Å²) in [5.74, 6) is -1.45. The van der Waals surface area contributed by atoms with Crippen LogP contribution in [0.2, 0.25) is 0 Å². The number of nitrogens with zero attached hydrogens (tertiary/aromatic N) is 3. The molecule has 1 atom stereocenters. The van der Waals surface area contributed by atoms with E-state index in [-0.39, 0.29) is 17.6 Å². The normalized spacial score (nSPS) is 14.9. The maximum Gasteiger partial charge on any atom is 0.330 e. The summed E-state index contributed by atoms with van der Waals surface area (Å²) in [4.78, 5) is 27.3. The zero-order valence-corrected chi connectivity index (χ0v) is 23.1. The lowest BCUT2D eigenvalue weighted by Crippen LogP contribution is -2.40. The molecule has 0 unspecified atom stereocenters. The third-order valence-corrected chi connectivity index (χ3v) is 7.87. The number of ether oxygens (including phenoxy) is 1. The molecule has 3 aromatic carbocycles. The number of anilines is 1. The van der Waals surface area contributed by atoms with Crippen molar-refractivity contribution < 1.29 is 18.7 Å². The second kappa shape index (κ2) is 11.9. The van der Waals surface area contributed by atoms with Crippen LogP contribution in [0.3, 0.4) is 0 Å². The van der Waals surface area contributed by atoms with Crippen molar-refractivity contribution in [3.8, 4) is 11.1 Å². The second-order valence-electron chi connectivity index (χ2n) is 10.4. The van der Waals surface area contributed by atoms with E-state index in [1.54, 1.807) is 29.3 Å². The minimum absolute atomic E-state index is 0.00630. The van der Waals surface area contributed by atoms with E-state index in [0.29, 0.717) is 11.3 Å². The maximum atomic E-state index is 15.8. The number of methoxy groups -OCH3 is 1. The van der Waals surface area contributed by atoms with E-state index < -0.39 is 11.9 Å². The number of amides is 1. The molecule has 1 aromatic heterocycles. The first-order chi connectivity index (χ1) is 19.4. The summed E-state index contributed by atoms with van der Waals surface area (Å²) in [6.07, 6.45) is 9.64. The minimum atomic E-state index is -0.538. The Morgan fingerprint density at radius 3 is 2.58 bits per heavy atom. The van der Waals surface area contributed by atoms with Crippen LogP contribution in [0.4, 0.5) is 10.1 Å². The van der Waals surface area contributed by atoms with Gasteiger partial charge < -0.3 is 9.64 Å². The molecule has 0 bridgehead atoms. The van der Waals surface area contributed by atoms with E-state index in [0.717, 1.165) is 59.7 Å². The predicted molar refractivity (Wildman–Crippen MR) is 159 cm³/mol. The lowest BCUT2D eigenvalue weighted by molar-refractivity contribution is -0.134. The molecule has 8 heteroatoms. The molecule has 1 fully saturated rings. The molecule has 0 spiro atoms. The number of carbonyl (C=O) groups excluding carboxylic acids is 2. The lowest BCUT2D eigenvalue weighted by atomic mass is 9.82. The highest BCUT2D eigenvalue weighted by Gasteiger charge is 2.31. The predicted octanol–water partition coefficient (Wildman–Crippen LogP) is 5.81. The van der Waals surface area contributed by atoms with Crippen molar-refractivity contribution in [2.75, 3.05) is 12.0 Å². The summed E-state index contributed by atoms with van der Waals surface area (Å²) in [5.41, 5.74) is 4.54. The first-order valence-corrected chi connectivity index (χ1v) is 13.8. The number of aryl methyl sites for hydroxylation is 1. The molecular weight excluding hydrogens is 504 g/mol. The summed E-state index contributed by atoms with van der Waals surface area (Å²) >= 11 is 0. The van der Waals surface area contributed by atoms with Crippen LogP contribution in [-0.2, 0) is 21.4 Å². The number of rotatable bonds is 7. The molecule has 204 valence electrons. The van der Waals surface area contributed by atoms with Gasteiger partial charge in [0.25, 0.3) is 0 Å². The van der Waals surface area contributed by atoms with Crippen LogP contribution in [0.1, 0.15) is 49.2 Å². The highest BCUT2D eigenvalue weighted by atomic mass is 19.1. The molecule has 1 aliphatic carbocycles. The van der Waals surface area contributed by atoms with Crippen molar-refractivity contribution in [1.82, 2.24) is 9.78 Å². The highest BCUT2D eigenvalue weighted by Crippen LogP contribution is 2.35. The third-order valence-electron chi connectivity index (χ3n) is 7.87. The first kappa shape index (κ1) is 27.4. The van der Waals surface area contributed by atoms with E-state index in [4.69, 9.17) is 4.74 Å². The van der Waals surface area contributed by atoms with Crippen molar-refractivity contribution in [2.45, 2.75) is 38.0 Å². The molecule has 0 radical (unpaired) electrons. The van der Waals surface area contributed by atoms with Crippen molar-refractivity contribution in [1.29, 1.82) is 0 Å². The fourth-order valence-electron chi connectivity index (χ4n) is 5.63. The lowest BCUT2D eigenvalue weighted by Gasteiger charge is -2.35. The molecule has 1 aliphatic rings. The number of aromatic nitrogens is 2. The average molecular weight is 537 g/mol. The molecule has 4 aromatic rings. The van der Waals surface area contributed by atoms with Gasteiger partial charge in [-0.3, -0.25) is 9.48 Å². The van der Waals surface area contributed by atoms with Crippen LogP contribution in [-0.4, -0.2) is 36.6 Å². The monoisotopic (exact) mass is 537 g/mol. The average Bonchev–Trinajstić information content (AvgIpc) is 3.36. The summed E-state index contributed by atoms with van der Waals surface area (Å²) in [7, 11) is 5.09. The smallest absolute Gasteiger partial charge is 0.330 e. The van der Waals surface area contributed by atoms with Gasteiger partial charge in [0.05, 0.1) is 18.8 Å². The SMILES string of the molecule is B[C@H](c1ccc(-c2ccc3c(cnn3C)c2)cc1F)N(C(=O)C1CCCCC1)c1cccc(/C=C/C(=O)OC)c1. The molecule has 6 nitrogen and oxygen atoms in total. The molecule has 0 saturated heterocycles. The first-order valence-electron chi connectivity index (χ1n) is 13.8. The standard InChI is InChI=1S/C32H33BFN3O3/c1-36-29-15-13-23(18-25(29)20-35-36)24-12-14-27(28(34)19-24)31(33)37(32(39)22-8-4-3-5-9-22)26-10-6-7-21(17-26)11-16-30(38)40-2/h6-7,10-20,22,31H,3-5,8-9,33H2,1-2H3/b16-11+/t31-/m0/s1. The van der Waals surface area contributed by atoms with Gasteiger partial charge in [0.15, 0.2) is 0 Å². The number of hydrogen-bond acceptors (Lipinski definition) is 4. The van der Waals surface area contributed by atoms with Gasteiger partial charge in [-0.1, -0.05) is 49.6 Å². The van der Waals surface area contributed by atoms with Gasteiger partial charge in [-0.25, -0.2) is 9.18 Å². The second-order valence-corrected chi connectivity index (χ2v) is 10.4. The van der Waals surface area contributed by atoms with Crippen molar-refractivity contribution >= 4 is 42.4 Å². The Bertz CT molecular complexity index is 1570. The largest absolute Gasteiger partial charge is 0.466 e. The molecule has 40 heavy (non-hydrogen) atoms. The Morgan fingerprint density at radius 1 is 1.07 bits per heavy atom. The minimum Gasteiger partial charge on any atom is -0.466 e. The number of hydrogen-bond donors (Lipinski definition) is 0. The zero-order chi connectivity index (χ0) is 28.2.